The molecule has 1 aliphatic rings. The molecule has 8 heteroatoms. The number of piperidine rings is 1. The number of nitrogens with one attached hydrogen (secondary N) is 1. The Morgan fingerprint density at radius 1 is 1.14 bits per heavy atom. The standard InChI is InChI=1S/C27H39NO7/c1-18(14-19(2)22(29)11-9-10-21-16-24(30)28-25(31)17-21)15-20(3)27(34)23(35-4)12-7-5-6-8-13-26(32)33/h7-8,12-15,20-21,23,27,34H,5-6,9-11,16-17H2,1-4H3,(H,32,33)(H,28,30,31)/b12-7+,13-8+,18-15+,19-14+/t20-,23+,27+/m0/s1. The van der Waals surface area contributed by atoms with E-state index in [2.05, 4.69) is 5.32 Å². The van der Waals surface area contributed by atoms with Gasteiger partial charge in [0.25, 0.3) is 0 Å². The number of ether oxygens (including phenoxy) is 1. The number of aliphatic hydroxyl groups is 1. The lowest BCUT2D eigenvalue weighted by molar-refractivity contribution is -0.135. The molecule has 0 aromatic rings. The van der Waals surface area contributed by atoms with Crippen molar-refractivity contribution in [1.29, 1.82) is 0 Å². The highest BCUT2D eigenvalue weighted by Crippen LogP contribution is 2.21. The average Bonchev–Trinajstić information content (AvgIpc) is 2.77. The van der Waals surface area contributed by atoms with E-state index in [1.807, 2.05) is 26.0 Å². The van der Waals surface area contributed by atoms with Crippen LogP contribution in [0.1, 0.15) is 65.7 Å². The molecule has 0 aromatic heterocycles. The minimum Gasteiger partial charge on any atom is -0.478 e. The number of imide groups is 1. The summed E-state index contributed by atoms with van der Waals surface area (Å²) in [6.45, 7) is 5.51. The molecule has 1 fully saturated rings. The molecule has 2 amide bonds. The van der Waals surface area contributed by atoms with Gasteiger partial charge in [-0.3, -0.25) is 19.7 Å². The molecule has 3 N–H and O–H groups in total. The van der Waals surface area contributed by atoms with Crippen LogP contribution in [0.15, 0.2) is 47.6 Å². The second-order valence-electron chi connectivity index (χ2n) is 9.10. The Hall–Kier alpha value is -2.84. The van der Waals surface area contributed by atoms with E-state index in [1.54, 1.807) is 25.2 Å². The first-order valence-corrected chi connectivity index (χ1v) is 12.0. The lowest BCUT2D eigenvalue weighted by Gasteiger charge is -2.23. The minimum absolute atomic E-state index is 0.00120. The van der Waals surface area contributed by atoms with Gasteiger partial charge in [0.15, 0.2) is 5.78 Å². The number of carbonyl (C=O) groups is 4. The van der Waals surface area contributed by atoms with Gasteiger partial charge in [-0.25, -0.2) is 4.79 Å². The minimum atomic E-state index is -0.978. The number of carbonyl (C=O) groups excluding carboxylic acids is 3. The van der Waals surface area contributed by atoms with E-state index in [0.29, 0.717) is 50.5 Å². The fourth-order valence-electron chi connectivity index (χ4n) is 4.03. The number of hydrogen-bond acceptors (Lipinski definition) is 6. The zero-order valence-corrected chi connectivity index (χ0v) is 21.2. The lowest BCUT2D eigenvalue weighted by Crippen LogP contribution is -2.38. The van der Waals surface area contributed by atoms with E-state index >= 15 is 0 Å². The number of allylic oxidation sites excluding steroid dienone is 5. The predicted molar refractivity (Wildman–Crippen MR) is 133 cm³/mol. The number of amides is 2. The first-order chi connectivity index (χ1) is 16.5. The van der Waals surface area contributed by atoms with E-state index in [-0.39, 0.29) is 29.4 Å². The van der Waals surface area contributed by atoms with Crippen LogP contribution in [0.5, 0.6) is 0 Å². The van der Waals surface area contributed by atoms with Gasteiger partial charge in [-0.15, -0.1) is 0 Å². The third kappa shape index (κ3) is 12.4. The summed E-state index contributed by atoms with van der Waals surface area (Å²) in [7, 11) is 1.52. The number of carboxylic acids is 1. The third-order valence-electron chi connectivity index (χ3n) is 5.89. The number of Topliss-reactive ketones (excluding diaryl/α,β-unsaturated/α-hetero) is 1. The predicted octanol–water partition coefficient (Wildman–Crippen LogP) is 3.66. The molecule has 1 rings (SSSR count). The Bertz CT molecular complexity index is 853. The van der Waals surface area contributed by atoms with Crippen molar-refractivity contribution in [2.45, 2.75) is 77.9 Å². The van der Waals surface area contributed by atoms with Gasteiger partial charge in [0.05, 0.1) is 6.10 Å². The average molecular weight is 490 g/mol. The number of unbranched alkanes of at least 4 members (excludes halogenated alkanes) is 1. The molecule has 0 radical (unpaired) electrons. The largest absolute Gasteiger partial charge is 0.478 e. The maximum atomic E-state index is 12.5. The van der Waals surface area contributed by atoms with Crippen LogP contribution in [-0.2, 0) is 23.9 Å². The molecule has 8 nitrogen and oxygen atoms in total. The van der Waals surface area contributed by atoms with Gasteiger partial charge in [-0.2, -0.15) is 0 Å². The summed E-state index contributed by atoms with van der Waals surface area (Å²) >= 11 is 0. The maximum Gasteiger partial charge on any atom is 0.327 e. The topological polar surface area (TPSA) is 130 Å². The monoisotopic (exact) mass is 489 g/mol. The maximum absolute atomic E-state index is 12.5. The Morgan fingerprint density at radius 3 is 2.37 bits per heavy atom. The van der Waals surface area contributed by atoms with Crippen molar-refractivity contribution in [2.24, 2.45) is 11.8 Å². The normalized spacial score (nSPS) is 18.7. The summed E-state index contributed by atoms with van der Waals surface area (Å²) in [4.78, 5) is 45.9. The molecular formula is C27H39NO7. The molecule has 0 spiro atoms. The molecule has 194 valence electrons. The van der Waals surface area contributed by atoms with E-state index in [0.717, 1.165) is 11.6 Å². The van der Waals surface area contributed by atoms with Crippen molar-refractivity contribution in [3.63, 3.8) is 0 Å². The summed E-state index contributed by atoms with van der Waals surface area (Å²) in [6.07, 6.45) is 12.2. The highest BCUT2D eigenvalue weighted by Gasteiger charge is 2.24. The summed E-state index contributed by atoms with van der Waals surface area (Å²) in [5.41, 5.74) is 1.48. The van der Waals surface area contributed by atoms with E-state index in [9.17, 15) is 24.3 Å². The molecule has 1 aliphatic heterocycles. The van der Waals surface area contributed by atoms with Crippen molar-refractivity contribution in [3.8, 4) is 0 Å². The van der Waals surface area contributed by atoms with Gasteiger partial charge < -0.3 is 14.9 Å². The Morgan fingerprint density at radius 2 is 1.77 bits per heavy atom. The van der Waals surface area contributed by atoms with Crippen LogP contribution in [-0.4, -0.2) is 53.1 Å². The van der Waals surface area contributed by atoms with Crippen LogP contribution >= 0.6 is 0 Å². The van der Waals surface area contributed by atoms with E-state index in [1.165, 1.54) is 7.11 Å². The molecule has 0 unspecified atom stereocenters. The van der Waals surface area contributed by atoms with Crippen molar-refractivity contribution in [2.75, 3.05) is 7.11 Å². The van der Waals surface area contributed by atoms with Crippen molar-refractivity contribution >= 4 is 23.6 Å². The van der Waals surface area contributed by atoms with Crippen LogP contribution < -0.4 is 5.32 Å². The molecule has 3 atom stereocenters. The molecule has 0 bridgehead atoms. The van der Waals surface area contributed by atoms with Crippen molar-refractivity contribution in [1.82, 2.24) is 5.32 Å². The van der Waals surface area contributed by atoms with Gasteiger partial charge in [0.2, 0.25) is 11.8 Å². The zero-order valence-electron chi connectivity index (χ0n) is 21.2. The highest BCUT2D eigenvalue weighted by atomic mass is 16.5. The smallest absolute Gasteiger partial charge is 0.327 e. The van der Waals surface area contributed by atoms with Gasteiger partial charge in [-0.05, 0) is 51.0 Å². The van der Waals surface area contributed by atoms with Crippen LogP contribution in [0, 0.1) is 11.8 Å². The Labute approximate surface area is 207 Å². The van der Waals surface area contributed by atoms with Crippen LogP contribution in [0.25, 0.3) is 0 Å². The Balaban J connectivity index is 2.56. The second kappa shape index (κ2) is 15.9. The van der Waals surface area contributed by atoms with Crippen LogP contribution in [0.2, 0.25) is 0 Å². The fraction of sp³-hybridized carbons (Fsp3) is 0.556. The SMILES string of the molecule is CO[C@H](/C=C/CC/C=C/C(=O)O)[C@H](O)[C@@H](C)/C=C(C)/C=C(\C)C(=O)CCCC1CC(=O)NC(=O)C1. The lowest BCUT2D eigenvalue weighted by atomic mass is 9.90. The molecular weight excluding hydrogens is 450 g/mol. The zero-order chi connectivity index (χ0) is 26.4. The number of methoxy groups -OCH3 is 1. The van der Waals surface area contributed by atoms with Crippen LogP contribution in [0.3, 0.4) is 0 Å². The van der Waals surface area contributed by atoms with E-state index < -0.39 is 18.2 Å². The number of aliphatic carboxylic acids is 1. The first kappa shape index (κ1) is 30.2. The number of hydrogen-bond donors (Lipinski definition) is 3. The van der Waals surface area contributed by atoms with Crippen LogP contribution in [0.4, 0.5) is 0 Å². The fourth-order valence-corrected chi connectivity index (χ4v) is 4.03. The Kier molecular flexibility index (Phi) is 13.8. The number of carboxylic acid groups (broad SMARTS) is 1. The summed E-state index contributed by atoms with van der Waals surface area (Å²) in [5.74, 6) is -1.68. The van der Waals surface area contributed by atoms with Gasteiger partial charge in [0.1, 0.15) is 6.10 Å². The first-order valence-electron chi connectivity index (χ1n) is 12.0. The summed E-state index contributed by atoms with van der Waals surface area (Å²) in [5, 5.41) is 21.5. The van der Waals surface area contributed by atoms with Gasteiger partial charge in [-0.1, -0.05) is 42.9 Å². The molecule has 35 heavy (non-hydrogen) atoms. The van der Waals surface area contributed by atoms with Crippen molar-refractivity contribution in [3.05, 3.63) is 47.6 Å². The molecule has 1 saturated heterocycles. The molecule has 1 heterocycles. The summed E-state index contributed by atoms with van der Waals surface area (Å²) < 4.78 is 5.39. The van der Waals surface area contributed by atoms with Crippen molar-refractivity contribution < 1.29 is 34.1 Å². The second-order valence-corrected chi connectivity index (χ2v) is 9.10. The van der Waals surface area contributed by atoms with Gasteiger partial charge in [0, 0.05) is 38.4 Å². The number of ketones is 1. The number of aliphatic hydroxyl groups excluding tert-OH is 1. The molecule has 0 aromatic carbocycles. The molecule has 0 aliphatic carbocycles. The van der Waals surface area contributed by atoms with Gasteiger partial charge >= 0.3 is 5.97 Å². The highest BCUT2D eigenvalue weighted by molar-refractivity contribution is 5.97. The number of rotatable bonds is 15. The third-order valence-corrected chi connectivity index (χ3v) is 5.89. The molecule has 0 saturated carbocycles. The quantitative estimate of drug-likeness (QED) is 0.105. The van der Waals surface area contributed by atoms with E-state index in [4.69, 9.17) is 9.84 Å². The summed E-state index contributed by atoms with van der Waals surface area (Å²) in [6, 6.07) is 0.